The van der Waals surface area contributed by atoms with Crippen LogP contribution in [0.5, 0.6) is 0 Å². The van der Waals surface area contributed by atoms with Crippen molar-refractivity contribution in [3.8, 4) is 0 Å². The Kier molecular flexibility index (Phi) is 2.17. The Morgan fingerprint density at radius 1 is 1.18 bits per heavy atom. The fourth-order valence-corrected chi connectivity index (χ4v) is 0.963. The lowest BCUT2D eigenvalue weighted by atomic mass is 10.3. The Bertz CT molecular complexity index is 238. The Morgan fingerprint density at radius 2 is 1.64 bits per heavy atom. The number of nitrogens with zero attached hydrogens (tertiary/aromatic N) is 1. The number of halogens is 2. The third-order valence-electron chi connectivity index (χ3n) is 1.44. The smallest absolute Gasteiger partial charge is 0.140 e. The molecule has 0 fully saturated rings. The standard InChI is InChI=1S/C8H10F2N/c1-6(2)11-7(9)4-3-5-8(11)10/h3-6H,1-2H3/q+1. The van der Waals surface area contributed by atoms with Crippen LogP contribution >= 0.6 is 0 Å². The van der Waals surface area contributed by atoms with Crippen LogP contribution in [0.4, 0.5) is 8.78 Å². The van der Waals surface area contributed by atoms with Crippen LogP contribution in [-0.4, -0.2) is 0 Å². The highest BCUT2D eigenvalue weighted by atomic mass is 19.1. The van der Waals surface area contributed by atoms with Gasteiger partial charge in [-0.2, -0.15) is 0 Å². The molecule has 1 nitrogen and oxygen atoms in total. The zero-order chi connectivity index (χ0) is 8.43. The molecule has 0 aromatic carbocycles. The largest absolute Gasteiger partial charge is 0.362 e. The highest BCUT2D eigenvalue weighted by Crippen LogP contribution is 1.99. The van der Waals surface area contributed by atoms with E-state index in [1.807, 2.05) is 0 Å². The first-order valence-electron chi connectivity index (χ1n) is 3.48. The van der Waals surface area contributed by atoms with Gasteiger partial charge in [0.15, 0.2) is 6.04 Å². The SMILES string of the molecule is CC(C)[n+]1c(F)cccc1F. The summed E-state index contributed by atoms with van der Waals surface area (Å²) < 4.78 is 26.6. The molecule has 0 radical (unpaired) electrons. The minimum atomic E-state index is -0.542. The molecule has 0 atom stereocenters. The second kappa shape index (κ2) is 2.95. The molecule has 0 saturated heterocycles. The van der Waals surface area contributed by atoms with Crippen LogP contribution in [0.1, 0.15) is 19.9 Å². The quantitative estimate of drug-likeness (QED) is 0.433. The van der Waals surface area contributed by atoms with Gasteiger partial charge in [-0.25, -0.2) is 0 Å². The van der Waals surface area contributed by atoms with Gasteiger partial charge < -0.3 is 0 Å². The summed E-state index contributed by atoms with van der Waals surface area (Å²) in [6, 6.07) is 3.64. The summed E-state index contributed by atoms with van der Waals surface area (Å²) in [5.74, 6) is -1.08. The lowest BCUT2D eigenvalue weighted by Gasteiger charge is -2.00. The van der Waals surface area contributed by atoms with Crippen LogP contribution in [-0.2, 0) is 0 Å². The minimum Gasteiger partial charge on any atom is -0.140 e. The van der Waals surface area contributed by atoms with Crippen molar-refractivity contribution in [2.75, 3.05) is 0 Å². The van der Waals surface area contributed by atoms with Crippen molar-refractivity contribution in [3.63, 3.8) is 0 Å². The van der Waals surface area contributed by atoms with E-state index in [2.05, 4.69) is 0 Å². The summed E-state index contributed by atoms with van der Waals surface area (Å²) in [6.07, 6.45) is 0. The summed E-state index contributed by atoms with van der Waals surface area (Å²) in [5.41, 5.74) is 0. The molecule has 11 heavy (non-hydrogen) atoms. The first-order valence-corrected chi connectivity index (χ1v) is 3.48. The van der Waals surface area contributed by atoms with Gasteiger partial charge in [-0.1, -0.05) is 0 Å². The van der Waals surface area contributed by atoms with E-state index in [1.165, 1.54) is 18.2 Å². The topological polar surface area (TPSA) is 3.88 Å². The van der Waals surface area contributed by atoms with Gasteiger partial charge in [-0.05, 0) is 19.9 Å². The molecule has 0 aliphatic rings. The number of aromatic nitrogens is 1. The van der Waals surface area contributed by atoms with Gasteiger partial charge in [0.05, 0.1) is 0 Å². The fourth-order valence-electron chi connectivity index (χ4n) is 0.963. The molecule has 0 aliphatic heterocycles. The summed E-state index contributed by atoms with van der Waals surface area (Å²) in [5, 5.41) is 0. The zero-order valence-corrected chi connectivity index (χ0v) is 6.51. The van der Waals surface area contributed by atoms with Crippen molar-refractivity contribution in [1.29, 1.82) is 0 Å². The molecule has 1 heterocycles. The van der Waals surface area contributed by atoms with Crippen molar-refractivity contribution in [2.45, 2.75) is 19.9 Å². The van der Waals surface area contributed by atoms with Gasteiger partial charge in [0.25, 0.3) is 0 Å². The molecule has 0 N–H and O–H groups in total. The van der Waals surface area contributed by atoms with Crippen molar-refractivity contribution in [2.24, 2.45) is 0 Å². The molecule has 0 bridgehead atoms. The maximum Gasteiger partial charge on any atom is 0.362 e. The molecule has 0 spiro atoms. The highest BCUT2D eigenvalue weighted by Gasteiger charge is 2.18. The summed E-state index contributed by atoms with van der Waals surface area (Å²) in [4.78, 5) is 0. The highest BCUT2D eigenvalue weighted by molar-refractivity contribution is 4.88. The third kappa shape index (κ3) is 1.53. The van der Waals surface area contributed by atoms with Crippen molar-refractivity contribution in [1.82, 2.24) is 0 Å². The van der Waals surface area contributed by atoms with Crippen molar-refractivity contribution in [3.05, 3.63) is 30.1 Å². The molecule has 0 amide bonds. The maximum absolute atomic E-state index is 12.8. The second-order valence-corrected chi connectivity index (χ2v) is 2.63. The van der Waals surface area contributed by atoms with E-state index >= 15 is 0 Å². The normalized spacial score (nSPS) is 10.6. The van der Waals surface area contributed by atoms with Crippen molar-refractivity contribution < 1.29 is 13.3 Å². The van der Waals surface area contributed by atoms with E-state index in [0.717, 1.165) is 4.57 Å². The van der Waals surface area contributed by atoms with E-state index in [4.69, 9.17) is 0 Å². The second-order valence-electron chi connectivity index (χ2n) is 2.63. The molecule has 1 rings (SSSR count). The van der Waals surface area contributed by atoms with Gasteiger partial charge >= 0.3 is 11.9 Å². The Balaban J connectivity index is 3.21. The fraction of sp³-hybridized carbons (Fsp3) is 0.375. The molecule has 0 saturated carbocycles. The number of hydrogen-bond acceptors (Lipinski definition) is 0. The molecular weight excluding hydrogens is 148 g/mol. The average Bonchev–Trinajstić information content (AvgIpc) is 1.85. The summed E-state index contributed by atoms with van der Waals surface area (Å²) in [6.45, 7) is 3.46. The van der Waals surface area contributed by atoms with Crippen LogP contribution in [0.25, 0.3) is 0 Å². The van der Waals surface area contributed by atoms with E-state index < -0.39 is 11.9 Å². The molecule has 1 aromatic heterocycles. The predicted molar refractivity (Wildman–Crippen MR) is 36.9 cm³/mol. The van der Waals surface area contributed by atoms with E-state index in [0.29, 0.717) is 0 Å². The molecular formula is C8H10F2N+. The Hall–Kier alpha value is -0.990. The average molecular weight is 158 g/mol. The van der Waals surface area contributed by atoms with Crippen LogP contribution < -0.4 is 4.57 Å². The first-order chi connectivity index (χ1) is 5.13. The summed E-state index contributed by atoms with van der Waals surface area (Å²) in [7, 11) is 0. The maximum atomic E-state index is 12.8. The van der Waals surface area contributed by atoms with Crippen LogP contribution in [0.2, 0.25) is 0 Å². The molecule has 3 heteroatoms. The molecule has 60 valence electrons. The summed E-state index contributed by atoms with van der Waals surface area (Å²) >= 11 is 0. The van der Waals surface area contributed by atoms with Crippen LogP contribution in [0.15, 0.2) is 18.2 Å². The van der Waals surface area contributed by atoms with Crippen molar-refractivity contribution >= 4 is 0 Å². The third-order valence-corrected chi connectivity index (χ3v) is 1.44. The number of rotatable bonds is 1. The number of hydrogen-bond donors (Lipinski definition) is 0. The van der Waals surface area contributed by atoms with E-state index in [-0.39, 0.29) is 6.04 Å². The Morgan fingerprint density at radius 3 is 1.91 bits per heavy atom. The van der Waals surface area contributed by atoms with E-state index in [1.54, 1.807) is 13.8 Å². The minimum absolute atomic E-state index is 0.184. The zero-order valence-electron chi connectivity index (χ0n) is 6.51. The van der Waals surface area contributed by atoms with Gasteiger partial charge in [-0.15, -0.1) is 13.3 Å². The van der Waals surface area contributed by atoms with E-state index in [9.17, 15) is 8.78 Å². The molecule has 1 aromatic rings. The number of pyridine rings is 1. The van der Waals surface area contributed by atoms with Crippen LogP contribution in [0, 0.1) is 11.9 Å². The first kappa shape index (κ1) is 8.11. The lowest BCUT2D eigenvalue weighted by Crippen LogP contribution is -2.43. The predicted octanol–water partition coefficient (Wildman–Crippen LogP) is 1.83. The van der Waals surface area contributed by atoms with Gasteiger partial charge in [0.1, 0.15) is 0 Å². The molecule has 0 unspecified atom stereocenters. The van der Waals surface area contributed by atoms with Gasteiger partial charge in [-0.3, -0.25) is 0 Å². The van der Waals surface area contributed by atoms with Crippen LogP contribution in [0.3, 0.4) is 0 Å². The molecule has 0 aliphatic carbocycles. The monoisotopic (exact) mass is 158 g/mol. The lowest BCUT2D eigenvalue weighted by molar-refractivity contribution is -0.766. The van der Waals surface area contributed by atoms with Gasteiger partial charge in [0.2, 0.25) is 0 Å². The van der Waals surface area contributed by atoms with Gasteiger partial charge in [0, 0.05) is 12.1 Å². The Labute approximate surface area is 64.3 Å².